The Labute approximate surface area is 119 Å². The van der Waals surface area contributed by atoms with E-state index in [4.69, 9.17) is 26.4 Å². The molecule has 8 heteroatoms. The third-order valence-electron chi connectivity index (χ3n) is 2.35. The largest absolute Gasteiger partial charge is 0.483 e. The molecule has 0 amide bonds. The Morgan fingerprint density at radius 1 is 1.24 bits per heavy atom. The number of hydrogen-bond donors (Lipinski definition) is 3. The van der Waals surface area contributed by atoms with Crippen molar-refractivity contribution in [2.24, 2.45) is 27.2 Å². The van der Waals surface area contributed by atoms with Gasteiger partial charge >= 0.3 is 0 Å². The first-order valence-electron chi connectivity index (χ1n) is 5.93. The smallest absolute Gasteiger partial charge is 0.223 e. The van der Waals surface area contributed by atoms with Gasteiger partial charge in [0.2, 0.25) is 5.96 Å². The maximum atomic E-state index is 13.3. The minimum Gasteiger partial charge on any atom is -0.483 e. The monoisotopic (exact) mass is 291 g/mol. The first kappa shape index (κ1) is 14.4. The number of rotatable bonds is 4. The maximum absolute atomic E-state index is 13.3. The van der Waals surface area contributed by atoms with E-state index in [1.807, 2.05) is 0 Å². The highest BCUT2D eigenvalue weighted by Gasteiger charge is 2.07. The Morgan fingerprint density at radius 2 is 2.05 bits per heavy atom. The number of hydrogen-bond acceptors (Lipinski definition) is 3. The van der Waals surface area contributed by atoms with Crippen LogP contribution < -0.4 is 21.9 Å². The van der Waals surface area contributed by atoms with E-state index in [9.17, 15) is 4.39 Å². The molecular formula is C13H14FN5O2. The second kappa shape index (κ2) is 6.42. The normalized spacial score (nSPS) is 11.2. The van der Waals surface area contributed by atoms with Crippen molar-refractivity contribution >= 4 is 17.6 Å². The molecule has 0 saturated heterocycles. The van der Waals surface area contributed by atoms with Crippen molar-refractivity contribution in [1.82, 2.24) is 0 Å². The highest BCUT2D eigenvalue weighted by atomic mass is 19.1. The van der Waals surface area contributed by atoms with Crippen LogP contribution >= 0.6 is 0 Å². The number of furan rings is 1. The van der Waals surface area contributed by atoms with E-state index >= 15 is 0 Å². The number of nitrogens with zero attached hydrogens (tertiary/aromatic N) is 2. The first-order valence-corrected chi connectivity index (χ1v) is 5.93. The lowest BCUT2D eigenvalue weighted by atomic mass is 10.3. The van der Waals surface area contributed by atoms with Gasteiger partial charge in [0.05, 0.1) is 6.26 Å². The molecule has 110 valence electrons. The van der Waals surface area contributed by atoms with Gasteiger partial charge in [0, 0.05) is 6.07 Å². The summed E-state index contributed by atoms with van der Waals surface area (Å²) in [5.41, 5.74) is 16.1. The van der Waals surface area contributed by atoms with Gasteiger partial charge in [-0.25, -0.2) is 9.38 Å². The fourth-order valence-corrected chi connectivity index (χ4v) is 1.52. The molecule has 0 spiro atoms. The average Bonchev–Trinajstić information content (AvgIpc) is 2.90. The Bertz CT molecular complexity index is 663. The van der Waals surface area contributed by atoms with E-state index in [0.29, 0.717) is 11.5 Å². The lowest BCUT2D eigenvalue weighted by Gasteiger charge is -2.07. The van der Waals surface area contributed by atoms with Crippen LogP contribution in [-0.2, 0) is 6.61 Å². The van der Waals surface area contributed by atoms with E-state index in [0.717, 1.165) is 6.07 Å². The molecule has 0 aliphatic rings. The van der Waals surface area contributed by atoms with Crippen molar-refractivity contribution < 1.29 is 13.5 Å². The molecule has 0 unspecified atom stereocenters. The van der Waals surface area contributed by atoms with Crippen molar-refractivity contribution in [2.75, 3.05) is 0 Å². The molecule has 0 radical (unpaired) electrons. The molecular weight excluding hydrogens is 277 g/mol. The van der Waals surface area contributed by atoms with Gasteiger partial charge in [0.1, 0.15) is 29.6 Å². The van der Waals surface area contributed by atoms with Crippen LogP contribution in [0, 0.1) is 5.82 Å². The molecule has 0 saturated carbocycles. The lowest BCUT2D eigenvalue weighted by molar-refractivity contribution is 0.271. The fraction of sp³-hybridized carbons (Fsp3) is 0.0769. The highest BCUT2D eigenvalue weighted by molar-refractivity contribution is 5.93. The zero-order chi connectivity index (χ0) is 15.2. The van der Waals surface area contributed by atoms with Crippen LogP contribution in [0.1, 0.15) is 5.76 Å². The second-order valence-corrected chi connectivity index (χ2v) is 3.99. The minimum atomic E-state index is -0.489. The molecule has 0 bridgehead atoms. The molecule has 21 heavy (non-hydrogen) atoms. The van der Waals surface area contributed by atoms with Crippen molar-refractivity contribution in [3.05, 3.63) is 48.2 Å². The van der Waals surface area contributed by atoms with E-state index in [1.54, 1.807) is 12.1 Å². The summed E-state index contributed by atoms with van der Waals surface area (Å²) in [6, 6.07) is 7.32. The zero-order valence-corrected chi connectivity index (χ0v) is 11.0. The van der Waals surface area contributed by atoms with E-state index in [-0.39, 0.29) is 24.2 Å². The van der Waals surface area contributed by atoms with Crippen LogP contribution in [-0.4, -0.2) is 11.9 Å². The molecule has 2 aromatic rings. The molecule has 0 fully saturated rings. The predicted octanol–water partition coefficient (Wildman–Crippen LogP) is 1.22. The Morgan fingerprint density at radius 3 is 2.71 bits per heavy atom. The van der Waals surface area contributed by atoms with Gasteiger partial charge in [-0.2, -0.15) is 4.99 Å². The summed E-state index contributed by atoms with van der Waals surface area (Å²) in [4.78, 5) is 7.47. The Balaban J connectivity index is 2.23. The summed E-state index contributed by atoms with van der Waals surface area (Å²) >= 11 is 0. The summed E-state index contributed by atoms with van der Waals surface area (Å²) in [5.74, 6) is -0.00116. The molecule has 6 N–H and O–H groups in total. The van der Waals surface area contributed by atoms with Crippen LogP contribution in [0.2, 0.25) is 0 Å². The van der Waals surface area contributed by atoms with Gasteiger partial charge < -0.3 is 26.4 Å². The summed E-state index contributed by atoms with van der Waals surface area (Å²) in [7, 11) is 0. The topological polar surface area (TPSA) is 125 Å². The molecule has 0 aliphatic carbocycles. The number of guanidine groups is 2. The number of ether oxygens (including phenoxy) is 1. The molecule has 7 nitrogen and oxygen atoms in total. The number of nitrogens with two attached hydrogens (primary N) is 3. The van der Waals surface area contributed by atoms with Crippen molar-refractivity contribution in [3.8, 4) is 5.75 Å². The Hall–Kier alpha value is -3.03. The molecule has 0 aliphatic heterocycles. The first-order chi connectivity index (χ1) is 10.0. The third-order valence-corrected chi connectivity index (χ3v) is 2.35. The molecule has 1 aromatic heterocycles. The van der Waals surface area contributed by atoms with Crippen LogP contribution in [0.25, 0.3) is 0 Å². The quantitative estimate of drug-likeness (QED) is 0.577. The van der Waals surface area contributed by atoms with Gasteiger partial charge in [0.15, 0.2) is 5.96 Å². The summed E-state index contributed by atoms with van der Waals surface area (Å²) in [6.45, 7) is 0.170. The minimum absolute atomic E-state index is 0.170. The van der Waals surface area contributed by atoms with Crippen LogP contribution in [0.3, 0.4) is 0 Å². The number of benzene rings is 1. The van der Waals surface area contributed by atoms with E-state index < -0.39 is 5.82 Å². The second-order valence-electron chi connectivity index (χ2n) is 3.99. The molecule has 0 atom stereocenters. The molecule has 1 heterocycles. The standard InChI is InChI=1S/C13H14FN5O2/c14-8-3-4-11(21-7-9-2-1-5-20-9)10(6-8)18-13(17)19-12(15)16/h1-6H,7H2,(H6,15,16,17,18,19). The molecule has 1 aromatic carbocycles. The highest BCUT2D eigenvalue weighted by Crippen LogP contribution is 2.29. The van der Waals surface area contributed by atoms with Gasteiger partial charge in [-0.1, -0.05) is 0 Å². The van der Waals surface area contributed by atoms with Crippen LogP contribution in [0.4, 0.5) is 10.1 Å². The summed E-state index contributed by atoms with van der Waals surface area (Å²) in [5, 5.41) is 0. The summed E-state index contributed by atoms with van der Waals surface area (Å²) in [6.07, 6.45) is 1.53. The maximum Gasteiger partial charge on any atom is 0.223 e. The third kappa shape index (κ3) is 4.23. The number of aliphatic imine (C=N–C) groups is 2. The predicted molar refractivity (Wildman–Crippen MR) is 76.5 cm³/mol. The average molecular weight is 291 g/mol. The number of halogens is 1. The summed E-state index contributed by atoms with van der Waals surface area (Å²) < 4.78 is 24.0. The van der Waals surface area contributed by atoms with Gasteiger partial charge in [-0.15, -0.1) is 0 Å². The fourth-order valence-electron chi connectivity index (χ4n) is 1.52. The van der Waals surface area contributed by atoms with Gasteiger partial charge in [-0.3, -0.25) is 0 Å². The van der Waals surface area contributed by atoms with Gasteiger partial charge in [0.25, 0.3) is 0 Å². The molecule has 2 rings (SSSR count). The SMILES string of the molecule is NC(N)=NC(N)=Nc1cc(F)ccc1OCc1ccco1. The zero-order valence-electron chi connectivity index (χ0n) is 11.0. The Kier molecular flexibility index (Phi) is 4.39. The van der Waals surface area contributed by atoms with E-state index in [1.165, 1.54) is 18.4 Å². The van der Waals surface area contributed by atoms with Crippen LogP contribution in [0.15, 0.2) is 51.0 Å². The van der Waals surface area contributed by atoms with Crippen molar-refractivity contribution in [2.45, 2.75) is 6.61 Å². The van der Waals surface area contributed by atoms with E-state index in [2.05, 4.69) is 9.98 Å². The van der Waals surface area contributed by atoms with Crippen molar-refractivity contribution in [3.63, 3.8) is 0 Å². The van der Waals surface area contributed by atoms with Crippen LogP contribution in [0.5, 0.6) is 5.75 Å². The van der Waals surface area contributed by atoms with Gasteiger partial charge in [-0.05, 0) is 24.3 Å². The lowest BCUT2D eigenvalue weighted by Crippen LogP contribution is -2.26. The van der Waals surface area contributed by atoms with Crippen molar-refractivity contribution in [1.29, 1.82) is 0 Å².